The van der Waals surface area contributed by atoms with E-state index in [9.17, 15) is 9.90 Å². The number of rotatable bonds is 14. The lowest BCUT2D eigenvalue weighted by atomic mass is 9.88. The fraction of sp³-hybridized carbons (Fsp3) is 0.618. The minimum atomic E-state index is -1.93. The lowest BCUT2D eigenvalue weighted by Crippen LogP contribution is -2.41. The second kappa shape index (κ2) is 13.9. The average Bonchev–Trinajstić information content (AvgIpc) is 3.33. The summed E-state index contributed by atoms with van der Waals surface area (Å²) in [4.78, 5) is 12.7. The normalized spacial score (nSPS) is 13.9. The van der Waals surface area contributed by atoms with E-state index >= 15 is 0 Å². The third-order valence-electron chi connectivity index (χ3n) is 9.19. The summed E-state index contributed by atoms with van der Waals surface area (Å²) in [7, 11) is -3.84. The molecule has 0 radical (unpaired) electrons. The van der Waals surface area contributed by atoms with Gasteiger partial charge in [-0.2, -0.15) is 0 Å². The van der Waals surface area contributed by atoms with E-state index in [1.54, 1.807) is 25.2 Å². The minimum Gasteiger partial charge on any atom is -0.488 e. The molecular weight excluding hydrogens is 577 g/mol. The summed E-state index contributed by atoms with van der Waals surface area (Å²) in [6, 6.07) is 8.46. The highest BCUT2D eigenvalue weighted by molar-refractivity contribution is 7.10. The molecule has 8 heteroatoms. The van der Waals surface area contributed by atoms with Gasteiger partial charge in [0.2, 0.25) is 0 Å². The van der Waals surface area contributed by atoms with E-state index in [4.69, 9.17) is 13.6 Å². The van der Waals surface area contributed by atoms with Crippen LogP contribution >= 0.6 is 11.3 Å². The molecule has 0 unspecified atom stereocenters. The smallest absolute Gasteiger partial charge is 0.309 e. The molecule has 1 N–H and O–H groups in total. The number of carbonyl (C=O) groups is 1. The highest BCUT2D eigenvalue weighted by Crippen LogP contribution is 2.39. The molecule has 2 rings (SSSR count). The molecule has 0 spiro atoms. The van der Waals surface area contributed by atoms with Crippen molar-refractivity contribution in [2.75, 3.05) is 0 Å². The summed E-state index contributed by atoms with van der Waals surface area (Å²) in [5, 5.41) is 11.9. The van der Waals surface area contributed by atoms with Crippen LogP contribution in [0.2, 0.25) is 36.3 Å². The zero-order valence-electron chi connectivity index (χ0n) is 28.5. The molecule has 0 bridgehead atoms. The number of carboxylic acids is 1. The Kier molecular flexibility index (Phi) is 12.1. The van der Waals surface area contributed by atoms with E-state index in [2.05, 4.69) is 104 Å². The maximum absolute atomic E-state index is 11.5. The number of allylic oxidation sites excluding steroid dienone is 2. The van der Waals surface area contributed by atoms with Gasteiger partial charge in [0.05, 0.1) is 18.6 Å². The molecule has 0 saturated heterocycles. The first-order valence-electron chi connectivity index (χ1n) is 15.1. The van der Waals surface area contributed by atoms with Crippen molar-refractivity contribution >= 4 is 39.5 Å². The van der Waals surface area contributed by atoms with Crippen LogP contribution in [0.25, 0.3) is 5.57 Å². The Balaban J connectivity index is 2.23. The summed E-state index contributed by atoms with van der Waals surface area (Å²) >= 11 is 1.67. The topological polar surface area (TPSA) is 65.0 Å². The SMILES string of the molecule is CC/C(=C/CC(C)(C)C(=O)O)c1csc(COc2ccc(CO[Si](C)(C)C(C)(C)C)c(CO[Si](C)(C)C(C)(C)C)c2)c1. The molecule has 1 aromatic carbocycles. The minimum absolute atomic E-state index is 0.130. The first kappa shape index (κ1) is 36.5. The van der Waals surface area contributed by atoms with Gasteiger partial charge in [-0.15, -0.1) is 11.3 Å². The van der Waals surface area contributed by atoms with Gasteiger partial charge in [0.15, 0.2) is 16.6 Å². The third-order valence-corrected chi connectivity index (χ3v) is 19.1. The van der Waals surface area contributed by atoms with Gasteiger partial charge in [-0.25, -0.2) is 0 Å². The molecule has 0 atom stereocenters. The third kappa shape index (κ3) is 9.91. The van der Waals surface area contributed by atoms with Crippen molar-refractivity contribution in [3.8, 4) is 5.75 Å². The predicted molar refractivity (Wildman–Crippen MR) is 183 cm³/mol. The van der Waals surface area contributed by atoms with E-state index in [0.29, 0.717) is 26.2 Å². The van der Waals surface area contributed by atoms with Crippen LogP contribution in [0.3, 0.4) is 0 Å². The highest BCUT2D eigenvalue weighted by Gasteiger charge is 2.38. The number of hydrogen-bond donors (Lipinski definition) is 1. The zero-order valence-corrected chi connectivity index (χ0v) is 31.3. The second-order valence-corrected chi connectivity index (χ2v) is 25.7. The van der Waals surface area contributed by atoms with Gasteiger partial charge < -0.3 is 18.7 Å². The van der Waals surface area contributed by atoms with E-state index in [1.807, 2.05) is 6.07 Å². The zero-order chi connectivity index (χ0) is 32.1. The van der Waals surface area contributed by atoms with Gasteiger partial charge in [0, 0.05) is 4.88 Å². The number of benzene rings is 1. The number of hydrogen-bond acceptors (Lipinski definition) is 5. The van der Waals surface area contributed by atoms with Gasteiger partial charge in [-0.05, 0) is 109 Å². The largest absolute Gasteiger partial charge is 0.488 e. The van der Waals surface area contributed by atoms with Crippen LogP contribution in [0.15, 0.2) is 35.7 Å². The Labute approximate surface area is 262 Å². The number of ether oxygens (including phenoxy) is 1. The van der Waals surface area contributed by atoms with Gasteiger partial charge in [-0.1, -0.05) is 60.6 Å². The average molecular weight is 633 g/mol. The molecule has 5 nitrogen and oxygen atoms in total. The van der Waals surface area contributed by atoms with Crippen LogP contribution in [0.4, 0.5) is 0 Å². The Morgan fingerprint density at radius 3 is 1.90 bits per heavy atom. The van der Waals surface area contributed by atoms with Crippen molar-refractivity contribution in [1.29, 1.82) is 0 Å². The first-order valence-corrected chi connectivity index (χ1v) is 21.8. The molecule has 1 heterocycles. The molecule has 2 aromatic rings. The molecule has 0 saturated carbocycles. The van der Waals surface area contributed by atoms with Crippen molar-refractivity contribution in [2.45, 2.75) is 131 Å². The van der Waals surface area contributed by atoms with Crippen LogP contribution in [-0.4, -0.2) is 27.7 Å². The maximum Gasteiger partial charge on any atom is 0.309 e. The van der Waals surface area contributed by atoms with Crippen molar-refractivity contribution < 1.29 is 23.5 Å². The summed E-state index contributed by atoms with van der Waals surface area (Å²) in [5.41, 5.74) is 3.81. The second-order valence-electron chi connectivity index (χ2n) is 15.1. The lowest BCUT2D eigenvalue weighted by Gasteiger charge is -2.37. The van der Waals surface area contributed by atoms with Crippen molar-refractivity contribution in [3.05, 3.63) is 57.3 Å². The molecule has 0 aliphatic heterocycles. The molecule has 0 fully saturated rings. The molecule has 0 aliphatic rings. The van der Waals surface area contributed by atoms with Gasteiger partial charge in [0.1, 0.15) is 12.4 Å². The lowest BCUT2D eigenvalue weighted by molar-refractivity contribution is -0.146. The molecule has 0 amide bonds. The number of carboxylic acid groups (broad SMARTS) is 1. The summed E-state index contributed by atoms with van der Waals surface area (Å²) in [6.07, 6.45) is 3.42. The quantitative estimate of drug-likeness (QED) is 0.210. The molecule has 1 aromatic heterocycles. The van der Waals surface area contributed by atoms with Gasteiger partial charge in [-0.3, -0.25) is 4.79 Å². The number of aliphatic carboxylic acids is 1. The van der Waals surface area contributed by atoms with Gasteiger partial charge >= 0.3 is 5.97 Å². The highest BCUT2D eigenvalue weighted by atomic mass is 32.1. The van der Waals surface area contributed by atoms with Gasteiger partial charge in [0.25, 0.3) is 0 Å². The summed E-state index contributed by atoms with van der Waals surface area (Å²) in [5.74, 6) is 0.0459. The molecule has 0 aliphatic carbocycles. The Morgan fingerprint density at radius 1 is 0.857 bits per heavy atom. The van der Waals surface area contributed by atoms with Crippen LogP contribution < -0.4 is 4.74 Å². The van der Waals surface area contributed by atoms with Crippen molar-refractivity contribution in [3.63, 3.8) is 0 Å². The monoisotopic (exact) mass is 632 g/mol. The van der Waals surface area contributed by atoms with Crippen LogP contribution in [-0.2, 0) is 33.5 Å². The van der Waals surface area contributed by atoms with Crippen molar-refractivity contribution in [2.24, 2.45) is 5.41 Å². The predicted octanol–water partition coefficient (Wildman–Crippen LogP) is 10.7. The summed E-state index contributed by atoms with van der Waals surface area (Å²) < 4.78 is 19.5. The van der Waals surface area contributed by atoms with Crippen LogP contribution in [0.5, 0.6) is 5.75 Å². The molecular formula is C34H56O5SSi2. The molecule has 236 valence electrons. The van der Waals surface area contributed by atoms with E-state index in [1.165, 1.54) is 5.57 Å². The fourth-order valence-electron chi connectivity index (χ4n) is 3.63. The van der Waals surface area contributed by atoms with Crippen molar-refractivity contribution in [1.82, 2.24) is 0 Å². The maximum atomic E-state index is 11.5. The fourth-order valence-corrected chi connectivity index (χ4v) is 6.35. The summed E-state index contributed by atoms with van der Waals surface area (Å²) in [6.45, 7) is 30.0. The van der Waals surface area contributed by atoms with E-state index in [0.717, 1.165) is 33.7 Å². The van der Waals surface area contributed by atoms with Crippen LogP contribution in [0, 0.1) is 5.41 Å². The number of thiophene rings is 1. The van der Waals surface area contributed by atoms with Crippen LogP contribution in [0.1, 0.15) is 96.7 Å². The first-order chi connectivity index (χ1) is 19.1. The Morgan fingerprint density at radius 2 is 1.40 bits per heavy atom. The Bertz CT molecular complexity index is 1230. The standard InChI is InChI=1S/C34H56O5SSi2/c1-14-25(17-18-34(8,9)31(35)36)28-20-30(40-24-28)23-37-29-16-15-26(21-38-41(10,11)32(2,3)4)27(19-29)22-39-42(12,13)33(5,6)7/h15-17,19-20,24H,14,18,21-23H2,1-13H3,(H,35,36)/b25-17-. The van der Waals surface area contributed by atoms with E-state index in [-0.39, 0.29) is 10.1 Å². The van der Waals surface area contributed by atoms with E-state index < -0.39 is 28.0 Å². The Hall–Kier alpha value is -1.72. The molecule has 42 heavy (non-hydrogen) atoms.